The monoisotopic (exact) mass is 195 g/mol. The first-order chi connectivity index (χ1) is 6.91. The van der Waals surface area contributed by atoms with Crippen LogP contribution in [-0.2, 0) is 0 Å². The van der Waals surface area contributed by atoms with Crippen molar-refractivity contribution in [3.05, 3.63) is 19.1 Å². The number of unbranched alkanes of at least 4 members (excludes halogenated alkanes) is 8. The van der Waals surface area contributed by atoms with E-state index in [0.29, 0.717) is 0 Å². The van der Waals surface area contributed by atoms with Gasteiger partial charge in [-0.05, 0) is 25.7 Å². The summed E-state index contributed by atoms with van der Waals surface area (Å²) in [4.78, 5) is 0. The largest absolute Gasteiger partial charge is 0.0885 e. The fraction of sp³-hybridized carbons (Fsp3) is 0.786. The van der Waals surface area contributed by atoms with Gasteiger partial charge in [0.25, 0.3) is 0 Å². The standard InChI is InChI=1S/C14H27/c1-3-5-7-9-11-13-14-12-10-8-6-4-2/h12,14H,1,3-11,13H2,2H3/b14-12-. The maximum atomic E-state index is 3.85. The van der Waals surface area contributed by atoms with Crippen LogP contribution < -0.4 is 0 Å². The van der Waals surface area contributed by atoms with Gasteiger partial charge in [0.05, 0.1) is 0 Å². The van der Waals surface area contributed by atoms with Crippen molar-refractivity contribution < 1.29 is 0 Å². The lowest BCUT2D eigenvalue weighted by Crippen LogP contribution is -1.76. The molecule has 0 saturated heterocycles. The van der Waals surface area contributed by atoms with E-state index in [1.54, 1.807) is 0 Å². The molecular formula is C14H27. The minimum absolute atomic E-state index is 1.10. The molecule has 0 aliphatic carbocycles. The van der Waals surface area contributed by atoms with E-state index in [1.165, 1.54) is 57.8 Å². The van der Waals surface area contributed by atoms with E-state index in [4.69, 9.17) is 0 Å². The average Bonchev–Trinajstić information content (AvgIpc) is 2.21. The molecule has 0 heterocycles. The highest BCUT2D eigenvalue weighted by atomic mass is 13.9. The minimum Gasteiger partial charge on any atom is -0.0885 e. The lowest BCUT2D eigenvalue weighted by atomic mass is 10.1. The highest BCUT2D eigenvalue weighted by Gasteiger charge is 1.86. The third kappa shape index (κ3) is 11.7. The molecule has 0 bridgehead atoms. The summed E-state index contributed by atoms with van der Waals surface area (Å²) >= 11 is 0. The molecule has 0 N–H and O–H groups in total. The third-order valence-corrected chi connectivity index (χ3v) is 2.51. The van der Waals surface area contributed by atoms with Crippen molar-refractivity contribution in [2.45, 2.75) is 71.1 Å². The van der Waals surface area contributed by atoms with Crippen LogP contribution in [0.15, 0.2) is 12.2 Å². The summed E-state index contributed by atoms with van der Waals surface area (Å²) in [6, 6.07) is 0. The summed E-state index contributed by atoms with van der Waals surface area (Å²) in [5, 5.41) is 0. The van der Waals surface area contributed by atoms with E-state index < -0.39 is 0 Å². The average molecular weight is 195 g/mol. The molecule has 0 aromatic heterocycles. The fourth-order valence-electron chi connectivity index (χ4n) is 1.54. The van der Waals surface area contributed by atoms with Gasteiger partial charge in [-0.1, -0.05) is 64.5 Å². The van der Waals surface area contributed by atoms with E-state index in [1.807, 2.05) is 0 Å². The molecule has 83 valence electrons. The maximum absolute atomic E-state index is 3.85. The van der Waals surface area contributed by atoms with Gasteiger partial charge in [0.1, 0.15) is 0 Å². The molecule has 0 heteroatoms. The van der Waals surface area contributed by atoms with E-state index in [2.05, 4.69) is 26.0 Å². The number of hydrogen-bond acceptors (Lipinski definition) is 0. The van der Waals surface area contributed by atoms with Crippen molar-refractivity contribution in [1.82, 2.24) is 0 Å². The summed E-state index contributed by atoms with van der Waals surface area (Å²) in [5.41, 5.74) is 0. The van der Waals surface area contributed by atoms with Gasteiger partial charge < -0.3 is 0 Å². The van der Waals surface area contributed by atoms with Crippen LogP contribution in [0.3, 0.4) is 0 Å². The van der Waals surface area contributed by atoms with Gasteiger partial charge >= 0.3 is 0 Å². The Morgan fingerprint density at radius 2 is 1.36 bits per heavy atom. The van der Waals surface area contributed by atoms with Crippen LogP contribution in [-0.4, -0.2) is 0 Å². The van der Waals surface area contributed by atoms with Gasteiger partial charge in [0, 0.05) is 0 Å². The zero-order valence-corrected chi connectivity index (χ0v) is 9.93. The summed E-state index contributed by atoms with van der Waals surface area (Å²) in [5.74, 6) is 0. The summed E-state index contributed by atoms with van der Waals surface area (Å²) in [7, 11) is 0. The molecule has 0 aliphatic heterocycles. The minimum atomic E-state index is 1.10. The molecule has 0 unspecified atom stereocenters. The van der Waals surface area contributed by atoms with Gasteiger partial charge in [-0.2, -0.15) is 0 Å². The molecular weight excluding hydrogens is 168 g/mol. The van der Waals surface area contributed by atoms with Crippen LogP contribution in [0.25, 0.3) is 0 Å². The second-order valence-corrected chi connectivity index (χ2v) is 4.02. The SMILES string of the molecule is [CH2]CCCCCC/C=C\CCCCC. The Morgan fingerprint density at radius 3 is 1.93 bits per heavy atom. The van der Waals surface area contributed by atoms with Crippen molar-refractivity contribution in [1.29, 1.82) is 0 Å². The van der Waals surface area contributed by atoms with Crippen molar-refractivity contribution in [2.75, 3.05) is 0 Å². The zero-order chi connectivity index (χ0) is 10.5. The van der Waals surface area contributed by atoms with Crippen molar-refractivity contribution in [3.8, 4) is 0 Å². The topological polar surface area (TPSA) is 0 Å². The fourth-order valence-corrected chi connectivity index (χ4v) is 1.54. The predicted octanol–water partition coefficient (Wildman–Crippen LogP) is 5.30. The normalized spacial score (nSPS) is 11.3. The second kappa shape index (κ2) is 12.7. The summed E-state index contributed by atoms with van der Waals surface area (Å²) in [6.45, 7) is 6.10. The van der Waals surface area contributed by atoms with Gasteiger partial charge in [-0.25, -0.2) is 0 Å². The quantitative estimate of drug-likeness (QED) is 0.328. The molecule has 14 heavy (non-hydrogen) atoms. The zero-order valence-electron chi connectivity index (χ0n) is 9.93. The smallest absolute Gasteiger partial charge is 0.0351 e. The lowest BCUT2D eigenvalue weighted by molar-refractivity contribution is 0.650. The van der Waals surface area contributed by atoms with Crippen LogP contribution >= 0.6 is 0 Å². The molecule has 0 aliphatic rings. The Kier molecular flexibility index (Phi) is 12.5. The molecule has 0 rings (SSSR count). The lowest BCUT2D eigenvalue weighted by Gasteiger charge is -1.96. The van der Waals surface area contributed by atoms with Gasteiger partial charge in [-0.15, -0.1) is 0 Å². The highest BCUT2D eigenvalue weighted by molar-refractivity contribution is 4.81. The molecule has 0 aromatic rings. The number of rotatable bonds is 10. The number of allylic oxidation sites excluding steroid dienone is 2. The Labute approximate surface area is 90.8 Å². The second-order valence-electron chi connectivity index (χ2n) is 4.02. The van der Waals surface area contributed by atoms with Crippen LogP contribution in [0, 0.1) is 6.92 Å². The summed E-state index contributed by atoms with van der Waals surface area (Å²) in [6.07, 6.45) is 17.9. The van der Waals surface area contributed by atoms with Crippen molar-refractivity contribution in [3.63, 3.8) is 0 Å². The first-order valence-corrected chi connectivity index (χ1v) is 6.36. The molecule has 0 aromatic carbocycles. The van der Waals surface area contributed by atoms with Gasteiger partial charge in [0.2, 0.25) is 0 Å². The van der Waals surface area contributed by atoms with E-state index in [0.717, 1.165) is 6.42 Å². The van der Waals surface area contributed by atoms with E-state index in [9.17, 15) is 0 Å². The predicted molar refractivity (Wildman–Crippen MR) is 66.3 cm³/mol. The maximum Gasteiger partial charge on any atom is -0.0351 e. The van der Waals surface area contributed by atoms with Crippen LogP contribution in [0.4, 0.5) is 0 Å². The molecule has 1 radical (unpaired) electrons. The summed E-state index contributed by atoms with van der Waals surface area (Å²) < 4.78 is 0. The molecule has 0 atom stereocenters. The third-order valence-electron chi connectivity index (χ3n) is 2.51. The Morgan fingerprint density at radius 1 is 0.786 bits per heavy atom. The van der Waals surface area contributed by atoms with Crippen LogP contribution in [0.2, 0.25) is 0 Å². The van der Waals surface area contributed by atoms with Crippen LogP contribution in [0.5, 0.6) is 0 Å². The van der Waals surface area contributed by atoms with Gasteiger partial charge in [-0.3, -0.25) is 0 Å². The van der Waals surface area contributed by atoms with Crippen molar-refractivity contribution >= 4 is 0 Å². The van der Waals surface area contributed by atoms with Gasteiger partial charge in [0.15, 0.2) is 0 Å². The first-order valence-electron chi connectivity index (χ1n) is 6.36. The number of hydrogen-bond donors (Lipinski definition) is 0. The van der Waals surface area contributed by atoms with Crippen molar-refractivity contribution in [2.24, 2.45) is 0 Å². The molecule has 0 saturated carbocycles. The molecule has 0 fully saturated rings. The Bertz CT molecular complexity index is 113. The highest BCUT2D eigenvalue weighted by Crippen LogP contribution is 2.06. The van der Waals surface area contributed by atoms with E-state index in [-0.39, 0.29) is 0 Å². The Hall–Kier alpha value is -0.260. The first kappa shape index (κ1) is 13.7. The molecule has 0 nitrogen and oxygen atoms in total. The molecule has 0 spiro atoms. The van der Waals surface area contributed by atoms with E-state index >= 15 is 0 Å². The van der Waals surface area contributed by atoms with Crippen LogP contribution in [0.1, 0.15) is 71.1 Å². The Balaban J connectivity index is 2.96. The molecule has 0 amide bonds.